The zero-order chi connectivity index (χ0) is 22.4. The van der Waals surface area contributed by atoms with Gasteiger partial charge in [-0.15, -0.1) is 0 Å². The number of nitrogens with one attached hydrogen (secondary N) is 1. The third kappa shape index (κ3) is 3.44. The fourth-order valence-corrected chi connectivity index (χ4v) is 4.87. The number of aromatic nitrogens is 2. The van der Waals surface area contributed by atoms with Crippen LogP contribution >= 0.6 is 12.2 Å². The molecule has 2 aromatic carbocycles. The Hall–Kier alpha value is -3.26. The predicted molar refractivity (Wildman–Crippen MR) is 128 cm³/mol. The fraction of sp³-hybridized carbons (Fsp3) is 0.333. The Morgan fingerprint density at radius 3 is 2.62 bits per heavy atom. The molecule has 1 aromatic heterocycles. The van der Waals surface area contributed by atoms with E-state index in [-0.39, 0.29) is 23.0 Å². The summed E-state index contributed by atoms with van der Waals surface area (Å²) in [6.45, 7) is 7.10. The first-order valence-corrected chi connectivity index (χ1v) is 11.3. The van der Waals surface area contributed by atoms with Gasteiger partial charge in [0.2, 0.25) is 10.7 Å². The van der Waals surface area contributed by atoms with Crippen LogP contribution in [0.15, 0.2) is 42.5 Å². The number of aryl methyl sites for hydroxylation is 1. The number of hydrogen-bond acceptors (Lipinski definition) is 6. The van der Waals surface area contributed by atoms with Crippen LogP contribution in [-0.4, -0.2) is 58.5 Å². The summed E-state index contributed by atoms with van der Waals surface area (Å²) in [4.78, 5) is 34.6. The van der Waals surface area contributed by atoms with E-state index >= 15 is 0 Å². The Kier molecular flexibility index (Phi) is 5.17. The highest BCUT2D eigenvalue weighted by molar-refractivity contribution is 7.71. The minimum Gasteiger partial charge on any atom is -0.368 e. The Morgan fingerprint density at radius 1 is 1.09 bits per heavy atom. The van der Waals surface area contributed by atoms with Crippen molar-refractivity contribution in [2.24, 2.45) is 0 Å². The minimum absolute atomic E-state index is 0.0203. The first-order valence-electron chi connectivity index (χ1n) is 10.9. The molecule has 0 unspecified atom stereocenters. The number of nitrogens with zero attached hydrogens (tertiary/aromatic N) is 4. The molecule has 0 spiro atoms. The van der Waals surface area contributed by atoms with Gasteiger partial charge in [-0.1, -0.05) is 24.3 Å². The van der Waals surface area contributed by atoms with E-state index in [1.165, 1.54) is 21.4 Å². The SMILES string of the molecule is Cc1cccc(N2CCN(C(=O)C[C@@H]3Nc4c5ccccc5nc(=S)n4C3=O)CC2)c1C. The quantitative estimate of drug-likeness (QED) is 0.619. The van der Waals surface area contributed by atoms with Gasteiger partial charge in [0.25, 0.3) is 5.91 Å². The van der Waals surface area contributed by atoms with Crippen LogP contribution in [-0.2, 0) is 4.79 Å². The van der Waals surface area contributed by atoms with Crippen molar-refractivity contribution in [3.63, 3.8) is 0 Å². The number of benzene rings is 2. The van der Waals surface area contributed by atoms with E-state index in [4.69, 9.17) is 12.2 Å². The van der Waals surface area contributed by atoms with Gasteiger partial charge in [0, 0.05) is 37.3 Å². The van der Waals surface area contributed by atoms with Gasteiger partial charge >= 0.3 is 0 Å². The van der Waals surface area contributed by atoms with Crippen molar-refractivity contribution >= 4 is 46.4 Å². The van der Waals surface area contributed by atoms with Gasteiger partial charge < -0.3 is 15.1 Å². The molecule has 0 bridgehead atoms. The lowest BCUT2D eigenvalue weighted by Crippen LogP contribution is -2.50. The van der Waals surface area contributed by atoms with E-state index in [2.05, 4.69) is 47.2 Å². The smallest absolute Gasteiger partial charge is 0.257 e. The number of amides is 1. The van der Waals surface area contributed by atoms with Crippen molar-refractivity contribution in [1.82, 2.24) is 14.5 Å². The van der Waals surface area contributed by atoms with Gasteiger partial charge in [0.1, 0.15) is 11.9 Å². The molecule has 1 saturated heterocycles. The molecule has 8 heteroatoms. The first kappa shape index (κ1) is 20.6. The number of carbonyl (C=O) groups is 2. The Morgan fingerprint density at radius 2 is 1.84 bits per heavy atom. The second kappa shape index (κ2) is 8.02. The molecule has 32 heavy (non-hydrogen) atoms. The average molecular weight is 448 g/mol. The van der Waals surface area contributed by atoms with Crippen LogP contribution in [0.3, 0.4) is 0 Å². The summed E-state index contributed by atoms with van der Waals surface area (Å²) < 4.78 is 1.64. The topological polar surface area (TPSA) is 70.5 Å². The first-order chi connectivity index (χ1) is 15.4. The lowest BCUT2D eigenvalue weighted by molar-refractivity contribution is -0.131. The predicted octanol–water partition coefficient (Wildman–Crippen LogP) is 3.56. The van der Waals surface area contributed by atoms with Gasteiger partial charge in [0.15, 0.2) is 0 Å². The van der Waals surface area contributed by atoms with Gasteiger partial charge in [0.05, 0.1) is 11.9 Å². The normalized spacial score (nSPS) is 18.1. The number of anilines is 2. The van der Waals surface area contributed by atoms with E-state index < -0.39 is 6.04 Å². The highest BCUT2D eigenvalue weighted by atomic mass is 32.1. The average Bonchev–Trinajstić information content (AvgIpc) is 3.12. The molecule has 1 atom stereocenters. The zero-order valence-corrected chi connectivity index (χ0v) is 19.0. The van der Waals surface area contributed by atoms with E-state index in [9.17, 15) is 9.59 Å². The van der Waals surface area contributed by atoms with Crippen molar-refractivity contribution in [3.05, 3.63) is 58.4 Å². The molecule has 0 saturated carbocycles. The van der Waals surface area contributed by atoms with E-state index in [1.54, 1.807) is 0 Å². The summed E-state index contributed by atoms with van der Waals surface area (Å²) in [6.07, 6.45) is 0.104. The van der Waals surface area contributed by atoms with Gasteiger partial charge in [-0.3, -0.25) is 9.59 Å². The Labute approximate surface area is 191 Å². The number of fused-ring (bicyclic) bond motifs is 3. The number of para-hydroxylation sites is 1. The molecular weight excluding hydrogens is 422 g/mol. The Balaban J connectivity index is 1.27. The standard InChI is InChI=1S/C24H25N5O2S/c1-15-6-5-9-20(16(15)2)27-10-12-28(13-11-27)21(30)14-19-23(31)29-22(25-19)17-7-3-4-8-18(17)26-24(29)32/h3-9,19,25H,10-14H2,1-2H3/t19-/m0/s1. The van der Waals surface area contributed by atoms with Crippen LogP contribution in [0.5, 0.6) is 0 Å². The molecule has 0 radical (unpaired) electrons. The molecule has 5 rings (SSSR count). The minimum atomic E-state index is -0.631. The number of carbonyl (C=O) groups excluding carboxylic acids is 2. The molecule has 1 amide bonds. The molecule has 2 aliphatic rings. The van der Waals surface area contributed by atoms with Crippen molar-refractivity contribution in [2.75, 3.05) is 36.4 Å². The van der Waals surface area contributed by atoms with Crippen LogP contribution in [0.4, 0.5) is 11.5 Å². The van der Waals surface area contributed by atoms with E-state index in [0.29, 0.717) is 18.9 Å². The molecule has 3 aromatic rings. The third-order valence-electron chi connectivity index (χ3n) is 6.55. The maximum Gasteiger partial charge on any atom is 0.257 e. The molecular formula is C24H25N5O2S. The van der Waals surface area contributed by atoms with Crippen molar-refractivity contribution in [2.45, 2.75) is 26.3 Å². The fourth-order valence-electron chi connectivity index (χ4n) is 4.59. The summed E-state index contributed by atoms with van der Waals surface area (Å²) in [5.41, 5.74) is 4.52. The lowest BCUT2D eigenvalue weighted by atomic mass is 10.1. The van der Waals surface area contributed by atoms with Crippen molar-refractivity contribution < 1.29 is 9.59 Å². The summed E-state index contributed by atoms with van der Waals surface area (Å²) >= 11 is 5.34. The van der Waals surface area contributed by atoms with E-state index in [1.807, 2.05) is 29.2 Å². The molecule has 0 aliphatic carbocycles. The number of hydrogen-bond donors (Lipinski definition) is 1. The summed E-state index contributed by atoms with van der Waals surface area (Å²) in [6, 6.07) is 13.3. The molecule has 164 valence electrons. The van der Waals surface area contributed by atoms with Crippen LogP contribution in [0.1, 0.15) is 22.3 Å². The lowest BCUT2D eigenvalue weighted by Gasteiger charge is -2.37. The highest BCUT2D eigenvalue weighted by Crippen LogP contribution is 2.29. The second-order valence-corrected chi connectivity index (χ2v) is 8.79. The molecule has 3 heterocycles. The maximum atomic E-state index is 13.0. The Bertz CT molecular complexity index is 1290. The molecule has 1 N–H and O–H groups in total. The monoisotopic (exact) mass is 447 g/mol. The van der Waals surface area contributed by atoms with Crippen LogP contribution in [0, 0.1) is 18.6 Å². The van der Waals surface area contributed by atoms with Crippen LogP contribution < -0.4 is 10.2 Å². The van der Waals surface area contributed by atoms with Crippen LogP contribution in [0.2, 0.25) is 0 Å². The largest absolute Gasteiger partial charge is 0.368 e. The van der Waals surface area contributed by atoms with Crippen molar-refractivity contribution in [1.29, 1.82) is 0 Å². The van der Waals surface area contributed by atoms with Gasteiger partial charge in [-0.25, -0.2) is 9.55 Å². The van der Waals surface area contributed by atoms with Gasteiger partial charge in [-0.2, -0.15) is 0 Å². The number of piperazine rings is 1. The molecule has 1 fully saturated rings. The number of rotatable bonds is 3. The van der Waals surface area contributed by atoms with E-state index in [0.717, 1.165) is 24.0 Å². The highest BCUT2D eigenvalue weighted by Gasteiger charge is 2.35. The zero-order valence-electron chi connectivity index (χ0n) is 18.2. The van der Waals surface area contributed by atoms with Gasteiger partial charge in [-0.05, 0) is 55.4 Å². The second-order valence-electron chi connectivity index (χ2n) is 8.42. The summed E-state index contributed by atoms with van der Waals surface area (Å²) in [5, 5.41) is 4.06. The van der Waals surface area contributed by atoms with Crippen LogP contribution in [0.25, 0.3) is 10.9 Å². The molecule has 7 nitrogen and oxygen atoms in total. The third-order valence-corrected chi connectivity index (χ3v) is 6.82. The summed E-state index contributed by atoms with van der Waals surface area (Å²) in [7, 11) is 0. The maximum absolute atomic E-state index is 13.0. The van der Waals surface area contributed by atoms with Crippen molar-refractivity contribution in [3.8, 4) is 0 Å². The summed E-state index contributed by atoms with van der Waals surface area (Å²) in [5.74, 6) is 0.391. The molecule has 2 aliphatic heterocycles.